The van der Waals surface area contributed by atoms with Crippen LogP contribution < -0.4 is 10.2 Å². The van der Waals surface area contributed by atoms with Gasteiger partial charge in [0.2, 0.25) is 5.43 Å². The summed E-state index contributed by atoms with van der Waals surface area (Å²) in [5.74, 6) is 0.572. The van der Waals surface area contributed by atoms with Crippen molar-refractivity contribution < 1.29 is 4.74 Å². The Hall–Kier alpha value is -1.81. The van der Waals surface area contributed by atoms with Gasteiger partial charge in [-0.1, -0.05) is 17.7 Å². The summed E-state index contributed by atoms with van der Waals surface area (Å²) in [6, 6.07) is 6.92. The first kappa shape index (κ1) is 11.7. The lowest BCUT2D eigenvalue weighted by Crippen LogP contribution is -2.07. The zero-order valence-corrected chi connectivity index (χ0v) is 10.2. The second-order valence-electron chi connectivity index (χ2n) is 3.81. The third-order valence-electron chi connectivity index (χ3n) is 2.14. The fraction of sp³-hybridized carbons (Fsp3) is 0.167. The van der Waals surface area contributed by atoms with Gasteiger partial charge < -0.3 is 4.74 Å². The summed E-state index contributed by atoms with van der Waals surface area (Å²) in [5, 5.41) is 6.40. The standard InChI is InChI=1S/C12H11ClN2O2/c1-7-3-8(2)5-9(4-7)17-12-10(16)6-11(13)14-15-12/h3-6H,1-2H3,(H,14,16). The van der Waals surface area contributed by atoms with Crippen LogP contribution in [0, 0.1) is 13.8 Å². The Balaban J connectivity index is 2.34. The summed E-state index contributed by atoms with van der Waals surface area (Å²) in [7, 11) is 0. The molecule has 2 rings (SSSR count). The predicted molar refractivity (Wildman–Crippen MR) is 65.9 cm³/mol. The highest BCUT2D eigenvalue weighted by Gasteiger charge is 2.05. The summed E-state index contributed by atoms with van der Waals surface area (Å²) in [4.78, 5) is 11.5. The molecule has 0 atom stereocenters. The van der Waals surface area contributed by atoms with Gasteiger partial charge in [0.1, 0.15) is 10.9 Å². The molecule has 0 aliphatic carbocycles. The number of aromatic nitrogens is 2. The van der Waals surface area contributed by atoms with E-state index in [4.69, 9.17) is 16.3 Å². The molecular weight excluding hydrogens is 240 g/mol. The average molecular weight is 251 g/mol. The van der Waals surface area contributed by atoms with Crippen molar-refractivity contribution in [3.8, 4) is 11.6 Å². The normalized spacial score (nSPS) is 10.3. The third kappa shape index (κ3) is 2.85. The van der Waals surface area contributed by atoms with Crippen molar-refractivity contribution in [2.24, 2.45) is 0 Å². The molecule has 5 heteroatoms. The molecule has 0 unspecified atom stereocenters. The fourth-order valence-corrected chi connectivity index (χ4v) is 1.69. The van der Waals surface area contributed by atoms with Crippen LogP contribution >= 0.6 is 11.6 Å². The van der Waals surface area contributed by atoms with E-state index < -0.39 is 0 Å². The van der Waals surface area contributed by atoms with Gasteiger partial charge in [-0.05, 0) is 37.1 Å². The summed E-state index contributed by atoms with van der Waals surface area (Å²) in [5.41, 5.74) is 1.77. The molecule has 0 fully saturated rings. The van der Waals surface area contributed by atoms with Gasteiger partial charge in [-0.3, -0.25) is 9.89 Å². The number of rotatable bonds is 2. The number of halogens is 1. The van der Waals surface area contributed by atoms with Crippen molar-refractivity contribution in [3.63, 3.8) is 0 Å². The van der Waals surface area contributed by atoms with Gasteiger partial charge in [0.05, 0.1) is 0 Å². The average Bonchev–Trinajstić information content (AvgIpc) is 2.21. The maximum Gasteiger partial charge on any atom is 0.285 e. The van der Waals surface area contributed by atoms with E-state index in [2.05, 4.69) is 10.2 Å². The van der Waals surface area contributed by atoms with Crippen molar-refractivity contribution in [1.29, 1.82) is 0 Å². The largest absolute Gasteiger partial charge is 0.435 e. The molecule has 88 valence electrons. The summed E-state index contributed by atoms with van der Waals surface area (Å²) in [6.07, 6.45) is 0. The van der Waals surface area contributed by atoms with E-state index in [-0.39, 0.29) is 16.5 Å². The minimum Gasteiger partial charge on any atom is -0.435 e. The third-order valence-corrected chi connectivity index (χ3v) is 2.34. The zero-order valence-electron chi connectivity index (χ0n) is 9.45. The van der Waals surface area contributed by atoms with E-state index >= 15 is 0 Å². The highest BCUT2D eigenvalue weighted by Crippen LogP contribution is 2.20. The van der Waals surface area contributed by atoms with Crippen LogP contribution in [0.15, 0.2) is 29.1 Å². The Morgan fingerprint density at radius 3 is 2.41 bits per heavy atom. The molecule has 1 aromatic heterocycles. The van der Waals surface area contributed by atoms with Crippen LogP contribution in [-0.4, -0.2) is 10.2 Å². The number of nitrogens with one attached hydrogen (secondary N) is 1. The second kappa shape index (κ2) is 4.59. The van der Waals surface area contributed by atoms with Crippen molar-refractivity contribution in [1.82, 2.24) is 10.2 Å². The Labute approximate surface area is 103 Å². The van der Waals surface area contributed by atoms with Crippen LogP contribution in [0.25, 0.3) is 0 Å². The van der Waals surface area contributed by atoms with Gasteiger partial charge in [-0.25, -0.2) is 0 Å². The van der Waals surface area contributed by atoms with Gasteiger partial charge in [0.15, 0.2) is 0 Å². The lowest BCUT2D eigenvalue weighted by atomic mass is 10.1. The number of benzene rings is 1. The Bertz CT molecular complexity index is 587. The molecule has 17 heavy (non-hydrogen) atoms. The maximum atomic E-state index is 11.5. The lowest BCUT2D eigenvalue weighted by Gasteiger charge is -2.05. The van der Waals surface area contributed by atoms with E-state index in [0.717, 1.165) is 11.1 Å². The van der Waals surface area contributed by atoms with E-state index in [1.165, 1.54) is 6.07 Å². The molecule has 0 aliphatic rings. The van der Waals surface area contributed by atoms with Crippen LogP contribution in [-0.2, 0) is 0 Å². The first-order chi connectivity index (χ1) is 8.04. The minimum atomic E-state index is -0.354. The first-order valence-corrected chi connectivity index (χ1v) is 5.44. The van der Waals surface area contributed by atoms with Gasteiger partial charge in [0.25, 0.3) is 5.88 Å². The summed E-state index contributed by atoms with van der Waals surface area (Å²) in [6.45, 7) is 3.92. The molecule has 0 bridgehead atoms. The van der Waals surface area contributed by atoms with Crippen LogP contribution in [0.3, 0.4) is 0 Å². The quantitative estimate of drug-likeness (QED) is 0.892. The molecular formula is C12H11ClN2O2. The highest BCUT2D eigenvalue weighted by atomic mass is 35.5. The summed E-state index contributed by atoms with van der Waals surface area (Å²) < 4.78 is 5.41. The van der Waals surface area contributed by atoms with E-state index in [0.29, 0.717) is 5.75 Å². The fourth-order valence-electron chi connectivity index (χ4n) is 1.54. The van der Waals surface area contributed by atoms with E-state index in [1.54, 1.807) is 0 Å². The number of hydrogen-bond donors (Lipinski definition) is 1. The molecule has 1 N–H and O–H groups in total. The minimum absolute atomic E-state index is 0.0144. The van der Waals surface area contributed by atoms with Gasteiger partial charge >= 0.3 is 0 Å². The van der Waals surface area contributed by atoms with Gasteiger partial charge in [-0.15, -0.1) is 5.10 Å². The molecule has 0 saturated heterocycles. The molecule has 0 saturated carbocycles. The number of aryl methyl sites for hydroxylation is 2. The number of aromatic amines is 1. The Kier molecular flexibility index (Phi) is 3.15. The molecule has 0 radical (unpaired) electrons. The number of H-pyrrole nitrogens is 1. The van der Waals surface area contributed by atoms with Crippen LogP contribution in [0.5, 0.6) is 11.6 Å². The van der Waals surface area contributed by atoms with Crippen molar-refractivity contribution in [2.45, 2.75) is 13.8 Å². The first-order valence-electron chi connectivity index (χ1n) is 5.06. The molecule has 0 aliphatic heterocycles. The van der Waals surface area contributed by atoms with Crippen LogP contribution in [0.2, 0.25) is 5.15 Å². The van der Waals surface area contributed by atoms with Crippen molar-refractivity contribution in [3.05, 3.63) is 50.8 Å². The molecule has 2 aromatic rings. The summed E-state index contributed by atoms with van der Waals surface area (Å²) >= 11 is 5.60. The number of nitrogens with zero attached hydrogens (tertiary/aromatic N) is 1. The van der Waals surface area contributed by atoms with Gasteiger partial charge in [-0.2, -0.15) is 0 Å². The Morgan fingerprint density at radius 1 is 1.18 bits per heavy atom. The van der Waals surface area contributed by atoms with Gasteiger partial charge in [0, 0.05) is 6.07 Å². The molecule has 1 aromatic carbocycles. The van der Waals surface area contributed by atoms with Crippen molar-refractivity contribution >= 4 is 11.6 Å². The Morgan fingerprint density at radius 2 is 1.82 bits per heavy atom. The highest BCUT2D eigenvalue weighted by molar-refractivity contribution is 6.29. The molecule has 4 nitrogen and oxygen atoms in total. The monoisotopic (exact) mass is 250 g/mol. The molecule has 0 amide bonds. The smallest absolute Gasteiger partial charge is 0.285 e. The number of ether oxygens (including phenoxy) is 1. The topological polar surface area (TPSA) is 55.0 Å². The zero-order chi connectivity index (χ0) is 12.4. The molecule has 1 heterocycles. The van der Waals surface area contributed by atoms with E-state index in [1.807, 2.05) is 32.0 Å². The van der Waals surface area contributed by atoms with Crippen LogP contribution in [0.1, 0.15) is 11.1 Å². The van der Waals surface area contributed by atoms with Crippen LogP contribution in [0.4, 0.5) is 0 Å². The lowest BCUT2D eigenvalue weighted by molar-refractivity contribution is 0.449. The number of hydrogen-bond acceptors (Lipinski definition) is 3. The predicted octanol–water partition coefficient (Wildman–Crippen LogP) is 2.83. The second-order valence-corrected chi connectivity index (χ2v) is 4.22. The van der Waals surface area contributed by atoms with Crippen molar-refractivity contribution in [2.75, 3.05) is 0 Å². The maximum absolute atomic E-state index is 11.5. The molecule has 0 spiro atoms. The van der Waals surface area contributed by atoms with E-state index in [9.17, 15) is 4.79 Å². The SMILES string of the molecule is Cc1cc(C)cc(Oc2n[nH]c(Cl)cc2=O)c1.